The second kappa shape index (κ2) is 9.20. The number of hydrogen-bond acceptors (Lipinski definition) is 6. The van der Waals surface area contributed by atoms with Crippen molar-refractivity contribution in [1.82, 2.24) is 9.46 Å². The van der Waals surface area contributed by atoms with Crippen molar-refractivity contribution in [1.29, 1.82) is 5.26 Å². The van der Waals surface area contributed by atoms with E-state index in [-0.39, 0.29) is 24.1 Å². The fourth-order valence-electron chi connectivity index (χ4n) is 3.43. The summed E-state index contributed by atoms with van der Waals surface area (Å²) < 4.78 is 39.1. The smallest absolute Gasteiger partial charge is 0.243 e. The molecule has 1 fully saturated rings. The molecule has 1 atom stereocenters. The van der Waals surface area contributed by atoms with Gasteiger partial charge < -0.3 is 9.26 Å². The average molecular weight is 458 g/mol. The van der Waals surface area contributed by atoms with Crippen LogP contribution in [0.1, 0.15) is 24.2 Å². The summed E-state index contributed by atoms with van der Waals surface area (Å²) >= 11 is 5.93. The van der Waals surface area contributed by atoms with E-state index in [0.29, 0.717) is 28.6 Å². The van der Waals surface area contributed by atoms with Gasteiger partial charge in [-0.05, 0) is 49.2 Å². The van der Waals surface area contributed by atoms with Crippen molar-refractivity contribution in [3.63, 3.8) is 0 Å². The number of halogens is 1. The van der Waals surface area contributed by atoms with Crippen LogP contribution in [-0.2, 0) is 21.3 Å². The molecule has 0 radical (unpaired) electrons. The summed E-state index contributed by atoms with van der Waals surface area (Å²) in [5, 5.41) is 13.7. The largest absolute Gasteiger partial charge is 0.377 e. The van der Waals surface area contributed by atoms with Crippen LogP contribution in [0.3, 0.4) is 0 Å². The topological polar surface area (TPSA) is 96.4 Å². The van der Waals surface area contributed by atoms with Crippen LogP contribution >= 0.6 is 11.6 Å². The fraction of sp³-hybridized carbons (Fsp3) is 0.273. The van der Waals surface area contributed by atoms with Crippen LogP contribution in [0.15, 0.2) is 64.0 Å². The van der Waals surface area contributed by atoms with Crippen LogP contribution in [0.2, 0.25) is 5.02 Å². The molecule has 3 aromatic rings. The molecule has 1 aromatic heterocycles. The Kier molecular flexibility index (Phi) is 6.39. The minimum atomic E-state index is -3.83. The first-order valence-electron chi connectivity index (χ1n) is 9.79. The Balaban J connectivity index is 1.60. The maximum Gasteiger partial charge on any atom is 0.243 e. The highest BCUT2D eigenvalue weighted by Gasteiger charge is 2.30. The second-order valence-electron chi connectivity index (χ2n) is 7.25. The number of benzene rings is 2. The summed E-state index contributed by atoms with van der Waals surface area (Å²) in [6.45, 7) is 0.848. The Bertz CT molecular complexity index is 1180. The second-order valence-corrected chi connectivity index (χ2v) is 9.63. The van der Waals surface area contributed by atoms with Gasteiger partial charge in [0.15, 0.2) is 5.76 Å². The van der Waals surface area contributed by atoms with E-state index in [1.165, 1.54) is 28.6 Å². The van der Waals surface area contributed by atoms with Gasteiger partial charge >= 0.3 is 0 Å². The standard InChI is InChI=1S/C22H20ClN3O4S/c23-18-7-5-17(6-8-18)22-12-20(30-25-22)15-26(14-19-2-1-11-29-19)31(27,28)21-9-3-16(13-24)4-10-21/h3-10,12,19H,1-2,11,14-15H2. The van der Waals surface area contributed by atoms with Crippen LogP contribution < -0.4 is 0 Å². The molecule has 2 aromatic carbocycles. The zero-order valence-electron chi connectivity index (χ0n) is 16.6. The number of hydrogen-bond donors (Lipinski definition) is 0. The van der Waals surface area contributed by atoms with Crippen LogP contribution in [0, 0.1) is 11.3 Å². The quantitative estimate of drug-likeness (QED) is 0.526. The minimum absolute atomic E-state index is 0.0167. The molecule has 1 saturated heterocycles. The Morgan fingerprint density at radius 3 is 2.55 bits per heavy atom. The molecule has 1 aliphatic heterocycles. The van der Waals surface area contributed by atoms with E-state index in [0.717, 1.165) is 18.4 Å². The third-order valence-corrected chi connectivity index (χ3v) is 7.16. The van der Waals surface area contributed by atoms with Gasteiger partial charge in [0.2, 0.25) is 10.0 Å². The average Bonchev–Trinajstić information content (AvgIpc) is 3.46. The van der Waals surface area contributed by atoms with E-state index in [2.05, 4.69) is 5.16 Å². The number of nitriles is 1. The predicted octanol–water partition coefficient (Wildman–Crippen LogP) is 4.24. The number of sulfonamides is 1. The molecule has 4 rings (SSSR count). The van der Waals surface area contributed by atoms with Crippen molar-refractivity contribution in [2.75, 3.05) is 13.2 Å². The summed E-state index contributed by atoms with van der Waals surface area (Å²) in [4.78, 5) is 0.113. The molecule has 0 aliphatic carbocycles. The molecular formula is C22H20ClN3O4S. The predicted molar refractivity (Wildman–Crippen MR) is 115 cm³/mol. The first-order chi connectivity index (χ1) is 15.0. The van der Waals surface area contributed by atoms with Crippen molar-refractivity contribution >= 4 is 21.6 Å². The van der Waals surface area contributed by atoms with Gasteiger partial charge in [0, 0.05) is 29.8 Å². The SMILES string of the molecule is N#Cc1ccc(S(=O)(=O)N(Cc2cc(-c3ccc(Cl)cc3)no2)CC2CCCO2)cc1. The summed E-state index contributed by atoms with van der Waals surface area (Å²) in [5.74, 6) is 0.417. The molecule has 0 spiro atoms. The fourth-order valence-corrected chi connectivity index (χ4v) is 5.00. The molecule has 7 nitrogen and oxygen atoms in total. The molecule has 1 unspecified atom stereocenters. The highest BCUT2D eigenvalue weighted by molar-refractivity contribution is 7.89. The first kappa shape index (κ1) is 21.5. The highest BCUT2D eigenvalue weighted by atomic mass is 35.5. The summed E-state index contributed by atoms with van der Waals surface area (Å²) in [6.07, 6.45) is 1.52. The first-order valence-corrected chi connectivity index (χ1v) is 11.6. The summed E-state index contributed by atoms with van der Waals surface area (Å²) in [5.41, 5.74) is 1.81. The normalized spacial score (nSPS) is 16.5. The lowest BCUT2D eigenvalue weighted by Crippen LogP contribution is -2.36. The van der Waals surface area contributed by atoms with Crippen LogP contribution in [-0.4, -0.2) is 37.1 Å². The molecule has 0 bridgehead atoms. The third kappa shape index (κ3) is 4.97. The van der Waals surface area contributed by atoms with Crippen molar-refractivity contribution in [3.05, 3.63) is 70.9 Å². The number of aromatic nitrogens is 1. The summed E-state index contributed by atoms with van der Waals surface area (Å²) in [6, 6.07) is 16.7. The lowest BCUT2D eigenvalue weighted by atomic mass is 10.1. The van der Waals surface area contributed by atoms with Gasteiger partial charge in [-0.2, -0.15) is 9.57 Å². The van der Waals surface area contributed by atoms with Gasteiger partial charge in [0.1, 0.15) is 5.69 Å². The Hall–Kier alpha value is -2.70. The molecule has 160 valence electrons. The zero-order valence-corrected chi connectivity index (χ0v) is 18.1. The van der Waals surface area contributed by atoms with Crippen molar-refractivity contribution < 1.29 is 17.7 Å². The summed E-state index contributed by atoms with van der Waals surface area (Å²) in [7, 11) is -3.83. The Morgan fingerprint density at radius 1 is 1.16 bits per heavy atom. The van der Waals surface area contributed by atoms with Crippen LogP contribution in [0.5, 0.6) is 0 Å². The van der Waals surface area contributed by atoms with E-state index in [1.807, 2.05) is 18.2 Å². The molecule has 0 N–H and O–H groups in total. The van der Waals surface area contributed by atoms with Gasteiger partial charge in [0.25, 0.3) is 0 Å². The minimum Gasteiger partial charge on any atom is -0.377 e. The molecular weight excluding hydrogens is 438 g/mol. The van der Waals surface area contributed by atoms with Gasteiger partial charge in [-0.1, -0.05) is 28.9 Å². The Morgan fingerprint density at radius 2 is 1.90 bits per heavy atom. The van der Waals surface area contributed by atoms with Crippen molar-refractivity contribution in [2.24, 2.45) is 0 Å². The van der Waals surface area contributed by atoms with E-state index in [1.54, 1.807) is 18.2 Å². The van der Waals surface area contributed by atoms with Gasteiger partial charge in [-0.15, -0.1) is 0 Å². The third-order valence-electron chi connectivity index (χ3n) is 5.08. The van der Waals surface area contributed by atoms with Crippen molar-refractivity contribution in [2.45, 2.75) is 30.4 Å². The van der Waals surface area contributed by atoms with E-state index >= 15 is 0 Å². The lowest BCUT2D eigenvalue weighted by molar-refractivity contribution is 0.0909. The number of nitrogens with zero attached hydrogens (tertiary/aromatic N) is 3. The highest BCUT2D eigenvalue weighted by Crippen LogP contribution is 2.25. The van der Waals surface area contributed by atoms with E-state index in [4.69, 9.17) is 26.1 Å². The van der Waals surface area contributed by atoms with Crippen LogP contribution in [0.25, 0.3) is 11.3 Å². The number of rotatable bonds is 7. The number of ether oxygens (including phenoxy) is 1. The molecule has 31 heavy (non-hydrogen) atoms. The molecule has 0 saturated carbocycles. The van der Waals surface area contributed by atoms with Crippen LogP contribution in [0.4, 0.5) is 0 Å². The van der Waals surface area contributed by atoms with E-state index in [9.17, 15) is 8.42 Å². The lowest BCUT2D eigenvalue weighted by Gasteiger charge is -2.23. The Labute approximate surface area is 185 Å². The van der Waals surface area contributed by atoms with Gasteiger partial charge in [-0.3, -0.25) is 0 Å². The maximum absolute atomic E-state index is 13.3. The maximum atomic E-state index is 13.3. The zero-order chi connectivity index (χ0) is 21.8. The molecule has 1 aliphatic rings. The van der Waals surface area contributed by atoms with Crippen molar-refractivity contribution in [3.8, 4) is 17.3 Å². The van der Waals surface area contributed by atoms with Gasteiger partial charge in [-0.25, -0.2) is 8.42 Å². The van der Waals surface area contributed by atoms with Gasteiger partial charge in [0.05, 0.1) is 29.2 Å². The molecule has 2 heterocycles. The molecule has 9 heteroatoms. The molecule has 0 amide bonds. The van der Waals surface area contributed by atoms with E-state index < -0.39 is 10.0 Å². The monoisotopic (exact) mass is 457 g/mol.